The van der Waals surface area contributed by atoms with E-state index in [0.29, 0.717) is 11.5 Å². The number of carbonyl (C=O) groups excluding carboxylic acids is 2. The molecule has 4 unspecified atom stereocenters. The number of carboxylic acid groups (broad SMARTS) is 1. The zero-order valence-electron chi connectivity index (χ0n) is 13.7. The van der Waals surface area contributed by atoms with E-state index in [4.69, 9.17) is 0 Å². The van der Waals surface area contributed by atoms with Crippen LogP contribution in [0.3, 0.4) is 0 Å². The largest absolute Gasteiger partial charge is 0.481 e. The molecule has 1 heterocycles. The summed E-state index contributed by atoms with van der Waals surface area (Å²) in [5.41, 5.74) is 5.36. The summed E-state index contributed by atoms with van der Waals surface area (Å²) in [6.45, 7) is 4.10. The summed E-state index contributed by atoms with van der Waals surface area (Å²) in [5.74, 6) is -2.30. The highest BCUT2D eigenvalue weighted by molar-refractivity contribution is 7.10. The van der Waals surface area contributed by atoms with Gasteiger partial charge in [-0.1, -0.05) is 13.8 Å². The van der Waals surface area contributed by atoms with Gasteiger partial charge in [-0.3, -0.25) is 25.2 Å². The standard InChI is InChI=1S/C17H22N2O4S/c1-8(2)12-6-11(7-24-12)15(20)18-19-16(21)13-9-3-4-10(5-9)14(13)17(22)23/h6-10,13-14H,3-5H2,1-2H3,(H,18,20)(H,19,21)(H,22,23). The molecule has 3 rings (SSSR count). The van der Waals surface area contributed by atoms with Gasteiger partial charge in [0.2, 0.25) is 5.91 Å². The van der Waals surface area contributed by atoms with E-state index in [1.54, 1.807) is 5.38 Å². The summed E-state index contributed by atoms with van der Waals surface area (Å²) >= 11 is 1.51. The molecule has 0 aliphatic heterocycles. The fourth-order valence-electron chi connectivity index (χ4n) is 4.07. The number of hydrogen-bond acceptors (Lipinski definition) is 4. The van der Waals surface area contributed by atoms with Crippen LogP contribution in [0.2, 0.25) is 0 Å². The van der Waals surface area contributed by atoms with E-state index in [9.17, 15) is 19.5 Å². The molecule has 7 heteroatoms. The first-order valence-corrected chi connectivity index (χ1v) is 9.18. The predicted octanol–water partition coefficient (Wildman–Crippen LogP) is 2.38. The van der Waals surface area contributed by atoms with Crippen LogP contribution in [0.5, 0.6) is 0 Å². The number of hydrazine groups is 1. The Hall–Kier alpha value is -1.89. The lowest BCUT2D eigenvalue weighted by Crippen LogP contribution is -2.48. The van der Waals surface area contributed by atoms with Crippen LogP contribution in [0.25, 0.3) is 0 Å². The second-order valence-corrected chi connectivity index (χ2v) is 8.00. The van der Waals surface area contributed by atoms with Crippen LogP contribution in [0.15, 0.2) is 11.4 Å². The fourth-order valence-corrected chi connectivity index (χ4v) is 4.98. The Morgan fingerprint density at radius 3 is 2.42 bits per heavy atom. The lowest BCUT2D eigenvalue weighted by atomic mass is 9.79. The summed E-state index contributed by atoms with van der Waals surface area (Å²) in [7, 11) is 0. The highest BCUT2D eigenvalue weighted by Crippen LogP contribution is 2.52. The number of fused-ring (bicyclic) bond motifs is 2. The van der Waals surface area contributed by atoms with Crippen molar-refractivity contribution in [2.45, 2.75) is 39.0 Å². The van der Waals surface area contributed by atoms with Gasteiger partial charge in [-0.25, -0.2) is 0 Å². The normalized spacial score (nSPS) is 28.1. The molecule has 2 fully saturated rings. The van der Waals surface area contributed by atoms with Crippen LogP contribution < -0.4 is 10.9 Å². The first-order valence-electron chi connectivity index (χ1n) is 8.30. The van der Waals surface area contributed by atoms with Crippen LogP contribution >= 0.6 is 11.3 Å². The van der Waals surface area contributed by atoms with Gasteiger partial charge < -0.3 is 5.11 Å². The third-order valence-corrected chi connectivity index (χ3v) is 6.49. The van der Waals surface area contributed by atoms with E-state index in [1.165, 1.54) is 11.3 Å². The van der Waals surface area contributed by atoms with E-state index in [2.05, 4.69) is 24.7 Å². The van der Waals surface area contributed by atoms with Crippen LogP contribution in [0, 0.1) is 23.7 Å². The van der Waals surface area contributed by atoms with E-state index in [0.717, 1.165) is 24.1 Å². The van der Waals surface area contributed by atoms with E-state index < -0.39 is 17.8 Å². The van der Waals surface area contributed by atoms with Crippen molar-refractivity contribution in [3.8, 4) is 0 Å². The molecule has 2 bridgehead atoms. The highest BCUT2D eigenvalue weighted by Gasteiger charge is 2.54. The maximum Gasteiger partial charge on any atom is 0.307 e. The minimum atomic E-state index is -0.909. The Kier molecular flexibility index (Phi) is 4.62. The first kappa shape index (κ1) is 17.0. The molecule has 4 atom stereocenters. The van der Waals surface area contributed by atoms with Crippen molar-refractivity contribution in [3.05, 3.63) is 21.9 Å². The molecule has 6 nitrogen and oxygen atoms in total. The van der Waals surface area contributed by atoms with Crippen molar-refractivity contribution in [2.75, 3.05) is 0 Å². The monoisotopic (exact) mass is 350 g/mol. The van der Waals surface area contributed by atoms with Crippen molar-refractivity contribution in [1.82, 2.24) is 10.9 Å². The summed E-state index contributed by atoms with van der Waals surface area (Å²) in [6.07, 6.45) is 2.57. The quantitative estimate of drug-likeness (QED) is 0.727. The number of aliphatic carboxylic acids is 1. The molecule has 1 aromatic rings. The molecule has 24 heavy (non-hydrogen) atoms. The maximum atomic E-state index is 12.4. The summed E-state index contributed by atoms with van der Waals surface area (Å²) < 4.78 is 0. The van der Waals surface area contributed by atoms with Crippen LogP contribution in [-0.4, -0.2) is 22.9 Å². The summed E-state index contributed by atoms with van der Waals surface area (Å²) in [4.78, 5) is 37.1. The van der Waals surface area contributed by atoms with Gasteiger partial charge >= 0.3 is 5.97 Å². The number of nitrogens with one attached hydrogen (secondary N) is 2. The topological polar surface area (TPSA) is 95.5 Å². The molecule has 2 amide bonds. The molecule has 0 spiro atoms. The zero-order chi connectivity index (χ0) is 17.4. The molecular weight excluding hydrogens is 328 g/mol. The molecule has 1 aromatic heterocycles. The fraction of sp³-hybridized carbons (Fsp3) is 0.588. The molecule has 0 aromatic carbocycles. The molecule has 2 aliphatic carbocycles. The lowest BCUT2D eigenvalue weighted by Gasteiger charge is -2.26. The highest BCUT2D eigenvalue weighted by atomic mass is 32.1. The maximum absolute atomic E-state index is 12.4. The third kappa shape index (κ3) is 3.05. The average molecular weight is 350 g/mol. The Morgan fingerprint density at radius 2 is 1.83 bits per heavy atom. The van der Waals surface area contributed by atoms with Crippen molar-refractivity contribution >= 4 is 29.1 Å². The molecule has 2 aliphatic rings. The molecular formula is C17H22N2O4S. The molecule has 3 N–H and O–H groups in total. The van der Waals surface area contributed by atoms with Gasteiger partial charge in [-0.2, -0.15) is 0 Å². The molecule has 0 radical (unpaired) electrons. The second-order valence-electron chi connectivity index (χ2n) is 7.06. The zero-order valence-corrected chi connectivity index (χ0v) is 14.6. The Balaban J connectivity index is 1.60. The summed E-state index contributed by atoms with van der Waals surface area (Å²) in [5, 5.41) is 11.2. The van der Waals surface area contributed by atoms with Gasteiger partial charge in [-0.05, 0) is 43.1 Å². The van der Waals surface area contributed by atoms with Crippen LogP contribution in [0.4, 0.5) is 0 Å². The van der Waals surface area contributed by atoms with Gasteiger partial charge in [-0.15, -0.1) is 11.3 Å². The van der Waals surface area contributed by atoms with Gasteiger partial charge in [0.25, 0.3) is 5.91 Å². The molecule has 0 saturated heterocycles. The van der Waals surface area contributed by atoms with E-state index in [1.807, 2.05) is 6.07 Å². The molecule has 130 valence electrons. The Bertz CT molecular complexity index is 669. The molecule has 2 saturated carbocycles. The van der Waals surface area contributed by atoms with Gasteiger partial charge in [0.1, 0.15) is 0 Å². The number of amides is 2. The van der Waals surface area contributed by atoms with Crippen molar-refractivity contribution in [3.63, 3.8) is 0 Å². The predicted molar refractivity (Wildman–Crippen MR) is 89.5 cm³/mol. The minimum Gasteiger partial charge on any atom is -0.481 e. The Morgan fingerprint density at radius 1 is 1.17 bits per heavy atom. The van der Waals surface area contributed by atoms with Crippen LogP contribution in [0.1, 0.15) is 54.3 Å². The minimum absolute atomic E-state index is 0.0874. The summed E-state index contributed by atoms with van der Waals surface area (Å²) in [6, 6.07) is 1.81. The number of rotatable bonds is 4. The lowest BCUT2D eigenvalue weighted by molar-refractivity contribution is -0.149. The van der Waals surface area contributed by atoms with Crippen molar-refractivity contribution in [1.29, 1.82) is 0 Å². The number of carboxylic acids is 1. The van der Waals surface area contributed by atoms with E-state index >= 15 is 0 Å². The van der Waals surface area contributed by atoms with E-state index in [-0.39, 0.29) is 23.7 Å². The average Bonchev–Trinajstić information content (AvgIpc) is 3.25. The smallest absolute Gasteiger partial charge is 0.307 e. The van der Waals surface area contributed by atoms with Gasteiger partial charge in [0.05, 0.1) is 17.4 Å². The second kappa shape index (κ2) is 6.55. The number of thiophene rings is 1. The number of hydrogen-bond donors (Lipinski definition) is 3. The van der Waals surface area contributed by atoms with Gasteiger partial charge in [0.15, 0.2) is 0 Å². The number of carbonyl (C=O) groups is 3. The third-order valence-electron chi connectivity index (χ3n) is 5.25. The van der Waals surface area contributed by atoms with Crippen LogP contribution in [-0.2, 0) is 9.59 Å². The first-order chi connectivity index (χ1) is 11.4. The van der Waals surface area contributed by atoms with Gasteiger partial charge in [0, 0.05) is 10.3 Å². The van der Waals surface area contributed by atoms with Crippen molar-refractivity contribution in [2.24, 2.45) is 23.7 Å². The Labute approximate surface area is 144 Å². The SMILES string of the molecule is CC(C)c1cc(C(=O)NNC(=O)C2C3CCC(C3)C2C(=O)O)cs1. The van der Waals surface area contributed by atoms with Crippen molar-refractivity contribution < 1.29 is 19.5 Å².